The van der Waals surface area contributed by atoms with E-state index in [1.54, 1.807) is 11.8 Å². The summed E-state index contributed by atoms with van der Waals surface area (Å²) in [6.45, 7) is 5.66. The van der Waals surface area contributed by atoms with Crippen LogP contribution in [0.4, 0.5) is 0 Å². The summed E-state index contributed by atoms with van der Waals surface area (Å²) in [5.74, 6) is 0.428. The second-order valence-electron chi connectivity index (χ2n) is 5.09. The number of nitrogens with zero attached hydrogens (tertiary/aromatic N) is 1. The summed E-state index contributed by atoms with van der Waals surface area (Å²) in [6, 6.07) is -0.630. The molecular formula is C13H22N2O3. The van der Waals surface area contributed by atoms with Gasteiger partial charge in [0.15, 0.2) is 0 Å². The van der Waals surface area contributed by atoms with E-state index in [4.69, 9.17) is 4.74 Å². The molecule has 2 aliphatic rings. The van der Waals surface area contributed by atoms with E-state index in [1.165, 1.54) is 0 Å². The van der Waals surface area contributed by atoms with E-state index in [-0.39, 0.29) is 23.9 Å². The lowest BCUT2D eigenvalue weighted by Gasteiger charge is -2.38. The van der Waals surface area contributed by atoms with Crippen molar-refractivity contribution in [1.82, 2.24) is 10.2 Å². The van der Waals surface area contributed by atoms with Crippen molar-refractivity contribution in [2.24, 2.45) is 5.92 Å². The van der Waals surface area contributed by atoms with Crippen LogP contribution in [0.15, 0.2) is 0 Å². The van der Waals surface area contributed by atoms with Crippen molar-refractivity contribution < 1.29 is 14.3 Å². The van der Waals surface area contributed by atoms with Crippen molar-refractivity contribution >= 4 is 11.8 Å². The van der Waals surface area contributed by atoms with Crippen molar-refractivity contribution in [1.29, 1.82) is 0 Å². The standard InChI is InChI=1S/C13H22N2O3/c1-3-18-8-4-7-15-11(10-5-6-10)12(16)14-9(2)13(15)17/h9-11H,3-8H2,1-2H3,(H,14,16). The van der Waals surface area contributed by atoms with Crippen molar-refractivity contribution in [3.05, 3.63) is 0 Å². The zero-order valence-electron chi connectivity index (χ0n) is 11.1. The summed E-state index contributed by atoms with van der Waals surface area (Å²) in [5.41, 5.74) is 0. The number of nitrogens with one attached hydrogen (secondary N) is 1. The summed E-state index contributed by atoms with van der Waals surface area (Å²) >= 11 is 0. The molecule has 1 heterocycles. The third-order valence-electron chi connectivity index (χ3n) is 3.58. The maximum Gasteiger partial charge on any atom is 0.245 e. The van der Waals surface area contributed by atoms with E-state index >= 15 is 0 Å². The normalized spacial score (nSPS) is 28.4. The summed E-state index contributed by atoms with van der Waals surface area (Å²) < 4.78 is 5.29. The van der Waals surface area contributed by atoms with Gasteiger partial charge in [0.25, 0.3) is 0 Å². The Hall–Kier alpha value is -1.10. The molecule has 1 aliphatic carbocycles. The van der Waals surface area contributed by atoms with Crippen molar-refractivity contribution in [3.63, 3.8) is 0 Å². The minimum absolute atomic E-state index is 0.0148. The van der Waals surface area contributed by atoms with E-state index in [0.29, 0.717) is 25.7 Å². The van der Waals surface area contributed by atoms with Crippen molar-refractivity contribution in [2.75, 3.05) is 19.8 Å². The summed E-state index contributed by atoms with van der Waals surface area (Å²) in [6.07, 6.45) is 2.91. The molecule has 5 heteroatoms. The molecule has 0 aromatic heterocycles. The molecule has 0 radical (unpaired) electrons. The van der Waals surface area contributed by atoms with Gasteiger partial charge < -0.3 is 15.0 Å². The lowest BCUT2D eigenvalue weighted by atomic mass is 10.0. The first-order valence-electron chi connectivity index (χ1n) is 6.83. The number of piperazine rings is 1. The number of carbonyl (C=O) groups is 2. The monoisotopic (exact) mass is 254 g/mol. The lowest BCUT2D eigenvalue weighted by molar-refractivity contribution is -0.149. The van der Waals surface area contributed by atoms with Gasteiger partial charge in [0.2, 0.25) is 11.8 Å². The Morgan fingerprint density at radius 3 is 2.72 bits per heavy atom. The minimum Gasteiger partial charge on any atom is -0.382 e. The van der Waals surface area contributed by atoms with Gasteiger partial charge in [0.05, 0.1) is 0 Å². The van der Waals surface area contributed by atoms with Crippen molar-refractivity contribution in [2.45, 2.75) is 45.2 Å². The van der Waals surface area contributed by atoms with Crippen LogP contribution in [0.3, 0.4) is 0 Å². The van der Waals surface area contributed by atoms with Crippen LogP contribution in [-0.2, 0) is 14.3 Å². The Morgan fingerprint density at radius 2 is 2.11 bits per heavy atom. The quantitative estimate of drug-likeness (QED) is 0.704. The zero-order chi connectivity index (χ0) is 13.1. The number of hydrogen-bond donors (Lipinski definition) is 1. The molecule has 2 rings (SSSR count). The summed E-state index contributed by atoms with van der Waals surface area (Å²) in [5, 5.41) is 2.77. The predicted octanol–water partition coefficient (Wildman–Crippen LogP) is 0.539. The second-order valence-corrected chi connectivity index (χ2v) is 5.09. The van der Waals surface area contributed by atoms with Gasteiger partial charge in [-0.05, 0) is 39.0 Å². The molecule has 18 heavy (non-hydrogen) atoms. The number of amides is 2. The first kappa shape index (κ1) is 13.3. The van der Waals surface area contributed by atoms with Crippen LogP contribution in [0.5, 0.6) is 0 Å². The van der Waals surface area contributed by atoms with Crippen LogP contribution in [-0.4, -0.2) is 48.6 Å². The Labute approximate surface area is 108 Å². The van der Waals surface area contributed by atoms with Crippen LogP contribution < -0.4 is 5.32 Å². The average molecular weight is 254 g/mol. The Kier molecular flexibility index (Phi) is 4.22. The highest BCUT2D eigenvalue weighted by molar-refractivity contribution is 5.97. The maximum absolute atomic E-state index is 12.1. The van der Waals surface area contributed by atoms with Crippen LogP contribution in [0.2, 0.25) is 0 Å². The number of rotatable bonds is 6. The first-order valence-corrected chi connectivity index (χ1v) is 6.83. The molecule has 0 bridgehead atoms. The van der Waals surface area contributed by atoms with Crippen LogP contribution in [0, 0.1) is 5.92 Å². The van der Waals surface area contributed by atoms with E-state index in [9.17, 15) is 9.59 Å². The van der Waals surface area contributed by atoms with E-state index in [0.717, 1.165) is 19.3 Å². The average Bonchev–Trinajstić information content (AvgIpc) is 3.14. The number of ether oxygens (including phenoxy) is 1. The number of carbonyl (C=O) groups excluding carboxylic acids is 2. The Balaban J connectivity index is 1.96. The third-order valence-corrected chi connectivity index (χ3v) is 3.58. The predicted molar refractivity (Wildman–Crippen MR) is 66.9 cm³/mol. The SMILES string of the molecule is CCOCCCN1C(=O)C(C)NC(=O)C1C1CC1. The smallest absolute Gasteiger partial charge is 0.245 e. The van der Waals surface area contributed by atoms with Gasteiger partial charge >= 0.3 is 0 Å². The molecule has 102 valence electrons. The fourth-order valence-electron chi connectivity index (χ4n) is 2.50. The van der Waals surface area contributed by atoms with E-state index < -0.39 is 0 Å². The molecule has 0 aromatic rings. The molecule has 2 fully saturated rings. The molecular weight excluding hydrogens is 232 g/mol. The molecule has 1 saturated carbocycles. The zero-order valence-corrected chi connectivity index (χ0v) is 11.1. The van der Waals surface area contributed by atoms with Crippen LogP contribution in [0.1, 0.15) is 33.1 Å². The van der Waals surface area contributed by atoms with Crippen LogP contribution >= 0.6 is 0 Å². The van der Waals surface area contributed by atoms with Gasteiger partial charge in [-0.25, -0.2) is 0 Å². The highest BCUT2D eigenvalue weighted by atomic mass is 16.5. The fourth-order valence-corrected chi connectivity index (χ4v) is 2.50. The third kappa shape index (κ3) is 2.83. The second kappa shape index (κ2) is 5.69. The van der Waals surface area contributed by atoms with Crippen LogP contribution in [0.25, 0.3) is 0 Å². The highest BCUT2D eigenvalue weighted by Crippen LogP contribution is 2.37. The molecule has 0 aromatic carbocycles. The summed E-state index contributed by atoms with van der Waals surface area (Å²) in [7, 11) is 0. The maximum atomic E-state index is 12.1. The van der Waals surface area contributed by atoms with Gasteiger partial charge in [0, 0.05) is 19.8 Å². The largest absolute Gasteiger partial charge is 0.382 e. The van der Waals surface area contributed by atoms with Gasteiger partial charge in [0.1, 0.15) is 12.1 Å². The molecule has 2 unspecified atom stereocenters. The Bertz CT molecular complexity index is 328. The highest BCUT2D eigenvalue weighted by Gasteiger charge is 2.46. The Morgan fingerprint density at radius 1 is 1.39 bits per heavy atom. The molecule has 2 amide bonds. The molecule has 0 spiro atoms. The van der Waals surface area contributed by atoms with Gasteiger partial charge in [-0.2, -0.15) is 0 Å². The lowest BCUT2D eigenvalue weighted by Crippen LogP contribution is -2.63. The first-order chi connectivity index (χ1) is 8.65. The molecule has 2 atom stereocenters. The topological polar surface area (TPSA) is 58.6 Å². The summed E-state index contributed by atoms with van der Waals surface area (Å²) in [4.78, 5) is 25.9. The molecule has 1 saturated heterocycles. The molecule has 1 aliphatic heterocycles. The fraction of sp³-hybridized carbons (Fsp3) is 0.846. The van der Waals surface area contributed by atoms with Crippen molar-refractivity contribution in [3.8, 4) is 0 Å². The van der Waals surface area contributed by atoms with Gasteiger partial charge in [-0.3, -0.25) is 9.59 Å². The van der Waals surface area contributed by atoms with Gasteiger partial charge in [-0.1, -0.05) is 0 Å². The number of hydrogen-bond acceptors (Lipinski definition) is 3. The minimum atomic E-state index is -0.389. The molecule has 5 nitrogen and oxygen atoms in total. The van der Waals surface area contributed by atoms with E-state index in [1.807, 2.05) is 6.92 Å². The van der Waals surface area contributed by atoms with Gasteiger partial charge in [-0.15, -0.1) is 0 Å². The molecule has 1 N–H and O–H groups in total. The van der Waals surface area contributed by atoms with E-state index in [2.05, 4.69) is 5.32 Å².